The Bertz CT molecular complexity index is 648. The summed E-state index contributed by atoms with van der Waals surface area (Å²) in [5.74, 6) is -0.209. The monoisotopic (exact) mass is 339 g/mol. The molecule has 2 nitrogen and oxygen atoms in total. The lowest BCUT2D eigenvalue weighted by Crippen LogP contribution is -2.37. The molecule has 1 unspecified atom stereocenters. The lowest BCUT2D eigenvalue weighted by molar-refractivity contribution is -0.0329. The highest BCUT2D eigenvalue weighted by atomic mass is 35.5. The Hall–Kier alpha value is -1.13. The van der Waals surface area contributed by atoms with Gasteiger partial charge in [0, 0.05) is 19.6 Å². The van der Waals surface area contributed by atoms with Gasteiger partial charge in [0.1, 0.15) is 5.82 Å². The molecule has 1 aliphatic rings. The molecule has 0 saturated carbocycles. The lowest BCUT2D eigenvalue weighted by atomic mass is 10.1. The summed E-state index contributed by atoms with van der Waals surface area (Å²) in [5, 5.41) is 1.09. The van der Waals surface area contributed by atoms with Gasteiger partial charge in [0.05, 0.1) is 22.8 Å². The van der Waals surface area contributed by atoms with Crippen molar-refractivity contribution in [1.29, 1.82) is 0 Å². The summed E-state index contributed by atoms with van der Waals surface area (Å²) in [5.41, 5.74) is 2.12. The summed E-state index contributed by atoms with van der Waals surface area (Å²) < 4.78 is 18.8. The maximum atomic E-state index is 13.0. The van der Waals surface area contributed by atoms with Crippen molar-refractivity contribution in [3.63, 3.8) is 0 Å². The van der Waals surface area contributed by atoms with Gasteiger partial charge in [-0.2, -0.15) is 0 Å². The van der Waals surface area contributed by atoms with Crippen LogP contribution in [-0.4, -0.2) is 24.6 Å². The second-order valence-electron chi connectivity index (χ2n) is 5.39. The first-order chi connectivity index (χ1) is 10.6. The van der Waals surface area contributed by atoms with Gasteiger partial charge in [0.15, 0.2) is 0 Å². The molecular formula is C17H16Cl2FNO. The van der Waals surface area contributed by atoms with E-state index < -0.39 is 0 Å². The smallest absolute Gasteiger partial charge is 0.123 e. The Labute approximate surface area is 139 Å². The zero-order chi connectivity index (χ0) is 15.5. The van der Waals surface area contributed by atoms with E-state index >= 15 is 0 Å². The van der Waals surface area contributed by atoms with E-state index in [1.54, 1.807) is 6.07 Å². The highest BCUT2D eigenvalue weighted by molar-refractivity contribution is 6.42. The van der Waals surface area contributed by atoms with E-state index in [4.69, 9.17) is 27.9 Å². The van der Waals surface area contributed by atoms with E-state index in [0.29, 0.717) is 16.7 Å². The van der Waals surface area contributed by atoms with Crippen molar-refractivity contribution < 1.29 is 9.13 Å². The number of rotatable bonds is 3. The van der Waals surface area contributed by atoms with Gasteiger partial charge in [-0.05, 0) is 35.4 Å². The van der Waals surface area contributed by atoms with Crippen molar-refractivity contribution in [2.45, 2.75) is 12.6 Å². The highest BCUT2D eigenvalue weighted by Crippen LogP contribution is 2.29. The zero-order valence-electron chi connectivity index (χ0n) is 11.9. The first-order valence-electron chi connectivity index (χ1n) is 7.15. The minimum atomic E-state index is -0.209. The Kier molecular flexibility index (Phi) is 4.99. The summed E-state index contributed by atoms with van der Waals surface area (Å²) in [6.45, 7) is 3.07. The van der Waals surface area contributed by atoms with Crippen molar-refractivity contribution in [3.05, 3.63) is 69.5 Å². The molecule has 0 bridgehead atoms. The molecule has 22 heavy (non-hydrogen) atoms. The second-order valence-corrected chi connectivity index (χ2v) is 6.21. The normalized spacial score (nSPS) is 19.3. The predicted octanol–water partition coefficient (Wildman–Crippen LogP) is 4.71. The number of ether oxygens (including phenoxy) is 1. The molecular weight excluding hydrogens is 324 g/mol. The van der Waals surface area contributed by atoms with Gasteiger partial charge in [-0.25, -0.2) is 4.39 Å². The van der Waals surface area contributed by atoms with Crippen LogP contribution in [0.25, 0.3) is 0 Å². The van der Waals surface area contributed by atoms with Crippen molar-refractivity contribution in [2.75, 3.05) is 19.7 Å². The fourth-order valence-electron chi connectivity index (χ4n) is 2.61. The first-order valence-corrected chi connectivity index (χ1v) is 7.91. The van der Waals surface area contributed by atoms with Crippen LogP contribution in [-0.2, 0) is 11.3 Å². The molecule has 2 aromatic carbocycles. The van der Waals surface area contributed by atoms with E-state index in [1.165, 1.54) is 12.1 Å². The molecule has 0 spiro atoms. The Morgan fingerprint density at radius 2 is 1.86 bits per heavy atom. The second kappa shape index (κ2) is 6.97. The maximum Gasteiger partial charge on any atom is 0.123 e. The molecule has 3 rings (SSSR count). The molecule has 0 aliphatic carbocycles. The van der Waals surface area contributed by atoms with Gasteiger partial charge < -0.3 is 4.74 Å². The largest absolute Gasteiger partial charge is 0.371 e. The fraction of sp³-hybridized carbons (Fsp3) is 0.294. The molecule has 0 aromatic heterocycles. The highest BCUT2D eigenvalue weighted by Gasteiger charge is 2.22. The minimum Gasteiger partial charge on any atom is -0.371 e. The van der Waals surface area contributed by atoms with E-state index in [2.05, 4.69) is 4.90 Å². The van der Waals surface area contributed by atoms with Gasteiger partial charge in [0.2, 0.25) is 0 Å². The van der Waals surface area contributed by atoms with Crippen molar-refractivity contribution >= 4 is 23.2 Å². The molecule has 0 N–H and O–H groups in total. The van der Waals surface area contributed by atoms with Crippen LogP contribution in [0.4, 0.5) is 4.39 Å². The van der Waals surface area contributed by atoms with Crippen LogP contribution in [0.5, 0.6) is 0 Å². The average Bonchev–Trinajstić information content (AvgIpc) is 2.53. The molecule has 1 aliphatic heterocycles. The molecule has 5 heteroatoms. The molecule has 2 aromatic rings. The molecule has 0 radical (unpaired) electrons. The summed E-state index contributed by atoms with van der Waals surface area (Å²) >= 11 is 12.0. The summed E-state index contributed by atoms with van der Waals surface area (Å²) in [6.07, 6.45) is -0.0241. The van der Waals surface area contributed by atoms with Crippen molar-refractivity contribution in [3.8, 4) is 0 Å². The zero-order valence-corrected chi connectivity index (χ0v) is 13.4. The summed E-state index contributed by atoms with van der Waals surface area (Å²) in [4.78, 5) is 2.30. The lowest BCUT2D eigenvalue weighted by Gasteiger charge is -2.33. The van der Waals surface area contributed by atoms with Crippen molar-refractivity contribution in [1.82, 2.24) is 4.90 Å². The van der Waals surface area contributed by atoms with Crippen LogP contribution in [0, 0.1) is 5.82 Å². The van der Waals surface area contributed by atoms with E-state index in [1.807, 2.05) is 24.3 Å². The van der Waals surface area contributed by atoms with Crippen molar-refractivity contribution in [2.24, 2.45) is 0 Å². The molecule has 1 saturated heterocycles. The molecule has 1 atom stereocenters. The summed E-state index contributed by atoms with van der Waals surface area (Å²) in [6, 6.07) is 12.2. The molecule has 0 amide bonds. The molecule has 1 fully saturated rings. The third-order valence-corrected chi connectivity index (χ3v) is 4.52. The molecule has 1 heterocycles. The number of morpholine rings is 1. The number of halogens is 3. The van der Waals surface area contributed by atoms with E-state index in [9.17, 15) is 4.39 Å². The molecule has 116 valence electrons. The van der Waals surface area contributed by atoms with Crippen LogP contribution in [0.2, 0.25) is 10.0 Å². The fourth-order valence-corrected chi connectivity index (χ4v) is 2.92. The van der Waals surface area contributed by atoms with Gasteiger partial charge in [-0.15, -0.1) is 0 Å². The third-order valence-electron chi connectivity index (χ3n) is 3.79. The standard InChI is InChI=1S/C17H16Cl2FNO/c18-15-6-3-13(9-16(15)19)17-11-21(7-8-22-17)10-12-1-4-14(20)5-2-12/h1-6,9,17H,7-8,10-11H2. The maximum absolute atomic E-state index is 13.0. The average molecular weight is 340 g/mol. The van der Waals surface area contributed by atoms with Crippen LogP contribution in [0.15, 0.2) is 42.5 Å². The number of benzene rings is 2. The van der Waals surface area contributed by atoms with Gasteiger partial charge >= 0.3 is 0 Å². The minimum absolute atomic E-state index is 0.0241. The summed E-state index contributed by atoms with van der Waals surface area (Å²) in [7, 11) is 0. The van der Waals surface area contributed by atoms with Crippen LogP contribution < -0.4 is 0 Å². The van der Waals surface area contributed by atoms with Gasteiger partial charge in [-0.1, -0.05) is 41.4 Å². The number of hydrogen-bond acceptors (Lipinski definition) is 2. The third kappa shape index (κ3) is 3.79. The predicted molar refractivity (Wildman–Crippen MR) is 86.8 cm³/mol. The van der Waals surface area contributed by atoms with E-state index in [-0.39, 0.29) is 11.9 Å². The van der Waals surface area contributed by atoms with Gasteiger partial charge in [0.25, 0.3) is 0 Å². The van der Waals surface area contributed by atoms with Crippen LogP contribution in [0.1, 0.15) is 17.2 Å². The SMILES string of the molecule is Fc1ccc(CN2CCOC(c3ccc(Cl)c(Cl)c3)C2)cc1. The Morgan fingerprint density at radius 1 is 1.09 bits per heavy atom. The number of hydrogen-bond donors (Lipinski definition) is 0. The Balaban J connectivity index is 1.68. The van der Waals surface area contributed by atoms with Crippen LogP contribution >= 0.6 is 23.2 Å². The Morgan fingerprint density at radius 3 is 2.59 bits per heavy atom. The van der Waals surface area contributed by atoms with Crippen LogP contribution in [0.3, 0.4) is 0 Å². The topological polar surface area (TPSA) is 12.5 Å². The van der Waals surface area contributed by atoms with E-state index in [0.717, 1.165) is 30.8 Å². The first kappa shape index (κ1) is 15.8. The quantitative estimate of drug-likeness (QED) is 0.803. The van der Waals surface area contributed by atoms with Gasteiger partial charge in [-0.3, -0.25) is 4.90 Å². The number of nitrogens with zero attached hydrogens (tertiary/aromatic N) is 1.